The fraction of sp³-hybridized carbons (Fsp3) is 0.417. The molecule has 0 radical (unpaired) electrons. The van der Waals surface area contributed by atoms with Gasteiger partial charge in [-0.05, 0) is 55.0 Å². The molecule has 10 heteroatoms. The van der Waals surface area contributed by atoms with Gasteiger partial charge in [0.15, 0.2) is 0 Å². The molecule has 0 aliphatic carbocycles. The monoisotopic (exact) mass is 489 g/mol. The number of esters is 1. The molecule has 9 nitrogen and oxygen atoms in total. The lowest BCUT2D eigenvalue weighted by atomic mass is 10.1. The van der Waals surface area contributed by atoms with E-state index in [1.807, 2.05) is 11.6 Å². The van der Waals surface area contributed by atoms with Gasteiger partial charge < -0.3 is 10.1 Å². The maximum atomic E-state index is 12.6. The summed E-state index contributed by atoms with van der Waals surface area (Å²) in [5.41, 5.74) is 0.865. The zero-order valence-corrected chi connectivity index (χ0v) is 20.5. The second-order valence-corrected chi connectivity index (χ2v) is 9.86. The van der Waals surface area contributed by atoms with Crippen LogP contribution in [-0.2, 0) is 26.0 Å². The van der Waals surface area contributed by atoms with E-state index in [-0.39, 0.29) is 28.7 Å². The summed E-state index contributed by atoms with van der Waals surface area (Å²) in [5.74, 6) is -1.02. The predicted molar refractivity (Wildman–Crippen MR) is 127 cm³/mol. The summed E-state index contributed by atoms with van der Waals surface area (Å²) in [7, 11) is -4.10. The number of ether oxygens (including phenoxy) is 1. The minimum absolute atomic E-state index is 0.00372. The Morgan fingerprint density at radius 2 is 1.76 bits per heavy atom. The smallest absolute Gasteiger partial charge is 0.356 e. The Morgan fingerprint density at radius 1 is 1.06 bits per heavy atom. The van der Waals surface area contributed by atoms with E-state index in [1.54, 1.807) is 12.1 Å². The molecule has 0 aliphatic heterocycles. The summed E-state index contributed by atoms with van der Waals surface area (Å²) < 4.78 is 32.1. The predicted octanol–water partition coefficient (Wildman–Crippen LogP) is 2.86. The summed E-state index contributed by atoms with van der Waals surface area (Å²) in [6, 6.07) is 8.68. The molecule has 1 heterocycles. The number of carbonyl (C=O) groups is 3. The molecule has 0 aliphatic rings. The summed E-state index contributed by atoms with van der Waals surface area (Å²) in [4.78, 5) is 39.7. The first-order valence-electron chi connectivity index (χ1n) is 11.2. The highest BCUT2D eigenvalue weighted by atomic mass is 32.2. The van der Waals surface area contributed by atoms with Crippen molar-refractivity contribution in [1.82, 2.24) is 15.0 Å². The van der Waals surface area contributed by atoms with Gasteiger partial charge in [-0.1, -0.05) is 32.9 Å². The summed E-state index contributed by atoms with van der Waals surface area (Å²) in [6.45, 7) is 6.69. The number of aromatic nitrogens is 1. The van der Waals surface area contributed by atoms with Gasteiger partial charge in [0.2, 0.25) is 5.91 Å². The summed E-state index contributed by atoms with van der Waals surface area (Å²) in [5, 5.41) is 2.85. The molecule has 34 heavy (non-hydrogen) atoms. The highest BCUT2D eigenvalue weighted by Crippen LogP contribution is 2.12. The van der Waals surface area contributed by atoms with Gasteiger partial charge in [-0.25, -0.2) is 22.9 Å². The zero-order chi connectivity index (χ0) is 25.1. The fourth-order valence-corrected chi connectivity index (χ4v) is 3.82. The average Bonchev–Trinajstić information content (AvgIpc) is 2.81. The van der Waals surface area contributed by atoms with Crippen molar-refractivity contribution in [1.29, 1.82) is 0 Å². The molecule has 2 N–H and O–H groups in total. The molecule has 2 amide bonds. The molecule has 0 saturated heterocycles. The Kier molecular flexibility index (Phi) is 10.2. The van der Waals surface area contributed by atoms with Crippen molar-refractivity contribution in [3.63, 3.8) is 0 Å². The van der Waals surface area contributed by atoms with E-state index in [0.717, 1.165) is 18.2 Å². The number of nitrogens with zero attached hydrogens (tertiary/aromatic N) is 1. The molecule has 0 atom stereocenters. The van der Waals surface area contributed by atoms with Crippen molar-refractivity contribution in [2.75, 3.05) is 13.2 Å². The van der Waals surface area contributed by atoms with Crippen LogP contribution >= 0.6 is 0 Å². The quantitative estimate of drug-likeness (QED) is 0.438. The van der Waals surface area contributed by atoms with Crippen molar-refractivity contribution in [3.05, 3.63) is 59.4 Å². The molecule has 1 aromatic carbocycles. The van der Waals surface area contributed by atoms with E-state index in [2.05, 4.69) is 24.1 Å². The first-order valence-corrected chi connectivity index (χ1v) is 12.7. The first kappa shape index (κ1) is 27.0. The number of hydrogen-bond acceptors (Lipinski definition) is 7. The third-order valence-electron chi connectivity index (χ3n) is 4.82. The van der Waals surface area contributed by atoms with Gasteiger partial charge in [-0.3, -0.25) is 9.59 Å². The number of amides is 2. The second kappa shape index (κ2) is 12.8. The fourth-order valence-electron chi connectivity index (χ4n) is 2.85. The van der Waals surface area contributed by atoms with E-state index < -0.39 is 21.9 Å². The summed E-state index contributed by atoms with van der Waals surface area (Å²) in [6.07, 6.45) is 3.65. The number of rotatable bonds is 12. The van der Waals surface area contributed by atoms with E-state index in [4.69, 9.17) is 4.74 Å². The molecule has 184 valence electrons. The molecule has 0 bridgehead atoms. The maximum Gasteiger partial charge on any atom is 0.356 e. The molecule has 0 spiro atoms. The van der Waals surface area contributed by atoms with Gasteiger partial charge in [0.25, 0.3) is 15.9 Å². The summed E-state index contributed by atoms with van der Waals surface area (Å²) >= 11 is 0. The highest BCUT2D eigenvalue weighted by Gasteiger charge is 2.19. The van der Waals surface area contributed by atoms with Crippen LogP contribution in [0.2, 0.25) is 0 Å². The minimum atomic E-state index is -4.10. The molecule has 0 saturated carbocycles. The molecule has 0 unspecified atom stereocenters. The Bertz CT molecular complexity index is 1080. The van der Waals surface area contributed by atoms with E-state index >= 15 is 0 Å². The minimum Gasteiger partial charge on any atom is -0.461 e. The number of pyridine rings is 1. The van der Waals surface area contributed by atoms with Crippen LogP contribution in [0.25, 0.3) is 0 Å². The normalized spacial score (nSPS) is 11.2. The van der Waals surface area contributed by atoms with Crippen molar-refractivity contribution in [2.24, 2.45) is 5.92 Å². The molecule has 2 rings (SSSR count). The van der Waals surface area contributed by atoms with Crippen LogP contribution < -0.4 is 10.0 Å². The average molecular weight is 490 g/mol. The van der Waals surface area contributed by atoms with Crippen LogP contribution in [0, 0.1) is 5.92 Å². The van der Waals surface area contributed by atoms with Crippen LogP contribution in [0.4, 0.5) is 0 Å². The SMILES string of the molecule is CCCOC(=O)c1ccc(C(=O)NS(=O)(=O)c2ccc(CCNC(=O)CCC(C)C)cc2)cn1. The van der Waals surface area contributed by atoms with Crippen LogP contribution in [0.1, 0.15) is 66.4 Å². The number of benzene rings is 1. The maximum absolute atomic E-state index is 12.6. The lowest BCUT2D eigenvalue weighted by Crippen LogP contribution is -2.30. The van der Waals surface area contributed by atoms with Gasteiger partial charge in [0.1, 0.15) is 5.69 Å². The first-order chi connectivity index (χ1) is 16.1. The number of hydrogen-bond donors (Lipinski definition) is 2. The van der Waals surface area contributed by atoms with Crippen LogP contribution in [0.15, 0.2) is 47.5 Å². The highest BCUT2D eigenvalue weighted by molar-refractivity contribution is 7.90. The number of carbonyl (C=O) groups excluding carboxylic acids is 3. The van der Waals surface area contributed by atoms with Gasteiger partial charge in [0.05, 0.1) is 17.1 Å². The van der Waals surface area contributed by atoms with Gasteiger partial charge >= 0.3 is 5.97 Å². The van der Waals surface area contributed by atoms with Crippen molar-refractivity contribution < 1.29 is 27.5 Å². The zero-order valence-electron chi connectivity index (χ0n) is 19.7. The Hall–Kier alpha value is -3.27. The third kappa shape index (κ3) is 8.58. The van der Waals surface area contributed by atoms with E-state index in [1.165, 1.54) is 24.3 Å². The molecular formula is C24H31N3O6S. The second-order valence-electron chi connectivity index (χ2n) is 8.18. The van der Waals surface area contributed by atoms with E-state index in [0.29, 0.717) is 31.7 Å². The Morgan fingerprint density at radius 3 is 2.35 bits per heavy atom. The number of sulfonamides is 1. The number of nitrogens with one attached hydrogen (secondary N) is 2. The van der Waals surface area contributed by atoms with Gasteiger partial charge in [0, 0.05) is 19.2 Å². The van der Waals surface area contributed by atoms with Gasteiger partial charge in [-0.2, -0.15) is 0 Å². The van der Waals surface area contributed by atoms with Crippen molar-refractivity contribution in [2.45, 2.75) is 51.3 Å². The van der Waals surface area contributed by atoms with Crippen molar-refractivity contribution in [3.8, 4) is 0 Å². The Labute approximate surface area is 200 Å². The van der Waals surface area contributed by atoms with Crippen LogP contribution in [0.3, 0.4) is 0 Å². The third-order valence-corrected chi connectivity index (χ3v) is 6.16. The largest absolute Gasteiger partial charge is 0.461 e. The van der Waals surface area contributed by atoms with Gasteiger partial charge in [-0.15, -0.1) is 0 Å². The standard InChI is InChI=1S/C24H31N3O6S/c1-4-15-33-24(30)21-11-8-19(16-26-21)23(29)27-34(31,32)20-9-6-18(7-10-20)13-14-25-22(28)12-5-17(2)3/h6-11,16-17H,4-5,12-15H2,1-3H3,(H,25,28)(H,27,29). The Balaban J connectivity index is 1.91. The molecule has 2 aromatic rings. The topological polar surface area (TPSA) is 132 Å². The van der Waals surface area contributed by atoms with Crippen LogP contribution in [-0.4, -0.2) is 44.3 Å². The van der Waals surface area contributed by atoms with Crippen LogP contribution in [0.5, 0.6) is 0 Å². The van der Waals surface area contributed by atoms with Crippen molar-refractivity contribution >= 4 is 27.8 Å². The molecule has 1 aromatic heterocycles. The lowest BCUT2D eigenvalue weighted by molar-refractivity contribution is -0.121. The van der Waals surface area contributed by atoms with E-state index in [9.17, 15) is 22.8 Å². The molecular weight excluding hydrogens is 458 g/mol. The molecule has 0 fully saturated rings. The lowest BCUT2D eigenvalue weighted by Gasteiger charge is -2.09.